The standard InChI is InChI=1S/C18H23N3O3/c1-13(2)19(10-14-6-4-3-5-7-14)16(22)12-21-17(23)11-20(18(21)24)15-8-9-15/h3-7,13,15H,8-12H2,1-2H3. The Bertz CT molecular complexity index is 640. The number of urea groups is 1. The van der Waals surface area contributed by atoms with Crippen molar-refractivity contribution in [3.05, 3.63) is 35.9 Å². The number of imide groups is 1. The van der Waals surface area contributed by atoms with Crippen molar-refractivity contribution in [2.24, 2.45) is 0 Å². The molecule has 0 unspecified atom stereocenters. The van der Waals surface area contributed by atoms with E-state index in [-0.39, 0.29) is 43.0 Å². The van der Waals surface area contributed by atoms with Gasteiger partial charge < -0.3 is 9.80 Å². The van der Waals surface area contributed by atoms with Crippen LogP contribution in [-0.2, 0) is 16.1 Å². The van der Waals surface area contributed by atoms with E-state index in [1.807, 2.05) is 44.2 Å². The second-order valence-electron chi connectivity index (χ2n) is 6.72. The summed E-state index contributed by atoms with van der Waals surface area (Å²) in [7, 11) is 0. The Morgan fingerprint density at radius 3 is 2.46 bits per heavy atom. The van der Waals surface area contributed by atoms with E-state index in [1.165, 1.54) is 0 Å². The largest absolute Gasteiger partial charge is 0.334 e. The summed E-state index contributed by atoms with van der Waals surface area (Å²) in [4.78, 5) is 41.5. The lowest BCUT2D eigenvalue weighted by atomic mass is 10.2. The molecule has 0 N–H and O–H groups in total. The quantitative estimate of drug-likeness (QED) is 0.748. The highest BCUT2D eigenvalue weighted by atomic mass is 16.2. The lowest BCUT2D eigenvalue weighted by Crippen LogP contribution is -2.45. The summed E-state index contributed by atoms with van der Waals surface area (Å²) in [5.74, 6) is -0.475. The smallest absolute Gasteiger partial charge is 0.327 e. The molecule has 0 aromatic heterocycles. The van der Waals surface area contributed by atoms with Gasteiger partial charge in [0.2, 0.25) is 5.91 Å². The second-order valence-corrected chi connectivity index (χ2v) is 6.72. The Kier molecular flexibility index (Phi) is 4.55. The van der Waals surface area contributed by atoms with Gasteiger partial charge in [-0.15, -0.1) is 0 Å². The zero-order chi connectivity index (χ0) is 17.3. The van der Waals surface area contributed by atoms with Crippen molar-refractivity contribution in [3.63, 3.8) is 0 Å². The van der Waals surface area contributed by atoms with Crippen LogP contribution in [0.2, 0.25) is 0 Å². The molecule has 1 saturated heterocycles. The fourth-order valence-corrected chi connectivity index (χ4v) is 2.95. The third-order valence-electron chi connectivity index (χ3n) is 4.50. The van der Waals surface area contributed by atoms with Gasteiger partial charge in [-0.05, 0) is 32.3 Å². The fourth-order valence-electron chi connectivity index (χ4n) is 2.95. The van der Waals surface area contributed by atoms with Crippen molar-refractivity contribution < 1.29 is 14.4 Å². The first-order chi connectivity index (χ1) is 11.5. The van der Waals surface area contributed by atoms with Crippen LogP contribution >= 0.6 is 0 Å². The van der Waals surface area contributed by atoms with E-state index in [0.717, 1.165) is 23.3 Å². The van der Waals surface area contributed by atoms with E-state index in [1.54, 1.807) is 9.80 Å². The van der Waals surface area contributed by atoms with Crippen molar-refractivity contribution in [2.75, 3.05) is 13.1 Å². The summed E-state index contributed by atoms with van der Waals surface area (Å²) >= 11 is 0. The monoisotopic (exact) mass is 329 g/mol. The van der Waals surface area contributed by atoms with Crippen molar-refractivity contribution in [2.45, 2.75) is 45.3 Å². The van der Waals surface area contributed by atoms with Gasteiger partial charge in [0.05, 0.1) is 0 Å². The Balaban J connectivity index is 1.67. The highest BCUT2D eigenvalue weighted by Crippen LogP contribution is 2.30. The average molecular weight is 329 g/mol. The zero-order valence-corrected chi connectivity index (χ0v) is 14.1. The third-order valence-corrected chi connectivity index (χ3v) is 4.50. The van der Waals surface area contributed by atoms with Gasteiger partial charge >= 0.3 is 6.03 Å². The first-order valence-electron chi connectivity index (χ1n) is 8.41. The van der Waals surface area contributed by atoms with Gasteiger partial charge in [-0.25, -0.2) is 4.79 Å². The first-order valence-corrected chi connectivity index (χ1v) is 8.41. The van der Waals surface area contributed by atoms with Crippen LogP contribution in [0.3, 0.4) is 0 Å². The molecule has 1 heterocycles. The highest BCUT2D eigenvalue weighted by molar-refractivity contribution is 6.04. The number of benzene rings is 1. The van der Waals surface area contributed by atoms with E-state index >= 15 is 0 Å². The van der Waals surface area contributed by atoms with Crippen LogP contribution < -0.4 is 0 Å². The number of hydrogen-bond donors (Lipinski definition) is 0. The van der Waals surface area contributed by atoms with Gasteiger partial charge in [0.15, 0.2) is 0 Å². The van der Waals surface area contributed by atoms with E-state index in [2.05, 4.69) is 0 Å². The molecule has 1 aromatic carbocycles. The summed E-state index contributed by atoms with van der Waals surface area (Å²) in [5, 5.41) is 0. The first kappa shape index (κ1) is 16.5. The van der Waals surface area contributed by atoms with E-state index in [4.69, 9.17) is 0 Å². The van der Waals surface area contributed by atoms with Crippen LogP contribution in [0.4, 0.5) is 4.79 Å². The fraction of sp³-hybridized carbons (Fsp3) is 0.500. The zero-order valence-electron chi connectivity index (χ0n) is 14.1. The lowest BCUT2D eigenvalue weighted by molar-refractivity contribution is -0.138. The van der Waals surface area contributed by atoms with Gasteiger partial charge in [0.25, 0.3) is 5.91 Å². The summed E-state index contributed by atoms with van der Waals surface area (Å²) in [5.41, 5.74) is 1.03. The lowest BCUT2D eigenvalue weighted by Gasteiger charge is -2.28. The number of rotatable bonds is 6. The molecule has 0 radical (unpaired) electrons. The van der Waals surface area contributed by atoms with Gasteiger partial charge in [-0.1, -0.05) is 30.3 Å². The van der Waals surface area contributed by atoms with Gasteiger partial charge in [0, 0.05) is 18.6 Å². The molecule has 4 amide bonds. The number of carbonyl (C=O) groups excluding carboxylic acids is 3. The normalized spacial score (nSPS) is 17.8. The molecule has 1 aliphatic heterocycles. The second kappa shape index (κ2) is 6.63. The van der Waals surface area contributed by atoms with E-state index in [0.29, 0.717) is 6.54 Å². The number of hydrogen-bond acceptors (Lipinski definition) is 3. The molecule has 6 nitrogen and oxygen atoms in total. The van der Waals surface area contributed by atoms with Crippen LogP contribution in [0.1, 0.15) is 32.3 Å². The molecule has 0 spiro atoms. The van der Waals surface area contributed by atoms with E-state index < -0.39 is 0 Å². The Hall–Kier alpha value is -2.37. The maximum Gasteiger partial charge on any atom is 0.327 e. The van der Waals surface area contributed by atoms with Crippen LogP contribution in [-0.4, -0.2) is 57.7 Å². The minimum atomic E-state index is -0.320. The van der Waals surface area contributed by atoms with Crippen LogP contribution in [0.25, 0.3) is 0 Å². The topological polar surface area (TPSA) is 60.9 Å². The maximum absolute atomic E-state index is 12.7. The van der Waals surface area contributed by atoms with Crippen molar-refractivity contribution >= 4 is 17.8 Å². The Morgan fingerprint density at radius 2 is 1.88 bits per heavy atom. The number of amides is 4. The van der Waals surface area contributed by atoms with Gasteiger partial charge in [-0.3, -0.25) is 14.5 Å². The maximum atomic E-state index is 12.7. The average Bonchev–Trinajstić information content (AvgIpc) is 3.36. The SMILES string of the molecule is CC(C)N(Cc1ccccc1)C(=O)CN1C(=O)CN(C2CC2)C1=O. The predicted octanol–water partition coefficient (Wildman–Crippen LogP) is 1.85. The molecule has 6 heteroatoms. The van der Waals surface area contributed by atoms with Crippen LogP contribution in [0, 0.1) is 0 Å². The predicted molar refractivity (Wildman–Crippen MR) is 89.0 cm³/mol. The van der Waals surface area contributed by atoms with Crippen molar-refractivity contribution in [1.82, 2.24) is 14.7 Å². The molecule has 1 aromatic rings. The summed E-state index contributed by atoms with van der Waals surface area (Å²) in [6.45, 7) is 4.28. The molecule has 3 rings (SSSR count). The van der Waals surface area contributed by atoms with Gasteiger partial charge in [-0.2, -0.15) is 0 Å². The Labute approximate surface area is 142 Å². The molecular weight excluding hydrogens is 306 g/mol. The molecule has 0 bridgehead atoms. The van der Waals surface area contributed by atoms with Crippen LogP contribution in [0.5, 0.6) is 0 Å². The summed E-state index contributed by atoms with van der Waals surface area (Å²) in [6, 6.07) is 9.57. The summed E-state index contributed by atoms with van der Waals surface area (Å²) < 4.78 is 0. The highest BCUT2D eigenvalue weighted by Gasteiger charge is 2.44. The van der Waals surface area contributed by atoms with Crippen LogP contribution in [0.15, 0.2) is 30.3 Å². The number of nitrogens with zero attached hydrogens (tertiary/aromatic N) is 3. The molecule has 1 aliphatic carbocycles. The molecule has 0 atom stereocenters. The Morgan fingerprint density at radius 1 is 1.21 bits per heavy atom. The molecular formula is C18H23N3O3. The molecule has 2 aliphatic rings. The molecule has 1 saturated carbocycles. The molecule has 24 heavy (non-hydrogen) atoms. The minimum absolute atomic E-state index is 0.00921. The van der Waals surface area contributed by atoms with Crippen molar-refractivity contribution in [1.29, 1.82) is 0 Å². The summed E-state index contributed by atoms with van der Waals surface area (Å²) in [6.07, 6.45) is 1.90. The van der Waals surface area contributed by atoms with E-state index in [9.17, 15) is 14.4 Å². The minimum Gasteiger partial charge on any atom is -0.334 e. The molecule has 128 valence electrons. The van der Waals surface area contributed by atoms with Gasteiger partial charge in [0.1, 0.15) is 13.1 Å². The molecule has 2 fully saturated rings. The third kappa shape index (κ3) is 3.42. The van der Waals surface area contributed by atoms with Crippen molar-refractivity contribution in [3.8, 4) is 0 Å². The number of carbonyl (C=O) groups is 3.